The van der Waals surface area contributed by atoms with Gasteiger partial charge in [0.1, 0.15) is 0 Å². The third-order valence-electron chi connectivity index (χ3n) is 11.1. The first-order chi connectivity index (χ1) is 28.7. The quantitative estimate of drug-likeness (QED) is 0.118. The molecule has 0 fully saturated rings. The van der Waals surface area contributed by atoms with E-state index in [9.17, 15) is 0 Å². The second-order valence-corrected chi connectivity index (χ2v) is 29.0. The fourth-order valence-electron chi connectivity index (χ4n) is 8.08. The van der Waals surface area contributed by atoms with Crippen molar-refractivity contribution in [2.75, 3.05) is 0 Å². The van der Waals surface area contributed by atoms with Gasteiger partial charge in [-0.2, -0.15) is 0 Å². The molecule has 0 bridgehead atoms. The van der Waals surface area contributed by atoms with E-state index >= 15 is 0 Å². The van der Waals surface area contributed by atoms with Crippen LogP contribution in [0.3, 0.4) is 0 Å². The molecule has 0 saturated carbocycles. The Morgan fingerprint density at radius 2 is 1.51 bits per heavy atom. The summed E-state index contributed by atoms with van der Waals surface area (Å²) in [6.45, 7) is 15.3. The SMILES string of the molecule is CC(C)Cc1cc(-c2[c-]cccc2)nc[c]1[Ge]([CH3])([CH3])[CH3].Cc1cc(-c2ccccc2)ccc1-n1c(-c2[c-]cc(C)c3c2oc2nc(C(C)(C)C)ccc23)nc2ccccc21.[Ir]. The smallest absolute Gasteiger partial charge is 0.216 e. The molecule has 1 radical (unpaired) electrons. The van der Waals surface area contributed by atoms with Crippen LogP contribution in [0.2, 0.25) is 17.3 Å². The summed E-state index contributed by atoms with van der Waals surface area (Å²) in [6, 6.07) is 48.8. The van der Waals surface area contributed by atoms with Gasteiger partial charge in [0.2, 0.25) is 5.71 Å². The fourth-order valence-corrected chi connectivity index (χ4v) is 11.4. The number of imidazole rings is 1. The van der Waals surface area contributed by atoms with Crippen LogP contribution in [0.15, 0.2) is 132 Å². The molecule has 0 atom stereocenters. The normalized spacial score (nSPS) is 11.9. The molecule has 0 aliphatic rings. The van der Waals surface area contributed by atoms with Gasteiger partial charge in [-0.05, 0) is 60.0 Å². The Hall–Kier alpha value is -5.14. The first kappa shape index (κ1) is 43.9. The zero-order valence-corrected chi connectivity index (χ0v) is 41.4. The van der Waals surface area contributed by atoms with Crippen LogP contribution in [0.4, 0.5) is 0 Å². The Kier molecular flexibility index (Phi) is 12.7. The molecule has 9 rings (SSSR count). The van der Waals surface area contributed by atoms with Gasteiger partial charge in [0.05, 0.1) is 22.4 Å². The molecule has 7 heteroatoms. The van der Waals surface area contributed by atoms with Crippen molar-refractivity contribution in [1.29, 1.82) is 0 Å². The van der Waals surface area contributed by atoms with Gasteiger partial charge < -0.3 is 8.98 Å². The maximum atomic E-state index is 6.55. The number of furan rings is 1. The first-order valence-electron chi connectivity index (χ1n) is 21.0. The van der Waals surface area contributed by atoms with Crippen LogP contribution >= 0.6 is 0 Å². The van der Waals surface area contributed by atoms with Crippen LogP contribution in [-0.2, 0) is 31.9 Å². The van der Waals surface area contributed by atoms with E-state index in [1.165, 1.54) is 16.7 Å². The van der Waals surface area contributed by atoms with Crippen LogP contribution in [0.25, 0.3) is 72.6 Å². The number of pyridine rings is 2. The van der Waals surface area contributed by atoms with E-state index in [-0.39, 0.29) is 25.5 Å². The Balaban J connectivity index is 0.000000226. The van der Waals surface area contributed by atoms with Crippen LogP contribution < -0.4 is 4.40 Å². The zero-order chi connectivity index (χ0) is 42.3. The van der Waals surface area contributed by atoms with Crippen molar-refractivity contribution in [3.05, 3.63) is 162 Å². The van der Waals surface area contributed by atoms with Crippen molar-refractivity contribution >= 4 is 50.8 Å². The average Bonchev–Trinajstić information content (AvgIpc) is 3.80. The van der Waals surface area contributed by atoms with Crippen LogP contribution in [0.5, 0.6) is 0 Å². The van der Waals surface area contributed by atoms with Crippen molar-refractivity contribution in [2.45, 2.75) is 77.6 Å². The first-order valence-corrected chi connectivity index (χ1v) is 28.4. The molecule has 9 aromatic rings. The summed E-state index contributed by atoms with van der Waals surface area (Å²) in [4.78, 5) is 14.8. The largest absolute Gasteiger partial charge is 0.486 e. The van der Waals surface area contributed by atoms with Crippen molar-refractivity contribution in [2.24, 2.45) is 5.92 Å². The predicted octanol–water partition coefficient (Wildman–Crippen LogP) is 13.7. The third-order valence-corrected chi connectivity index (χ3v) is 15.5. The Morgan fingerprint density at radius 3 is 2.20 bits per heavy atom. The summed E-state index contributed by atoms with van der Waals surface area (Å²) in [7, 11) is 0. The van der Waals surface area contributed by atoms with E-state index < -0.39 is 13.3 Å². The van der Waals surface area contributed by atoms with Gasteiger partial charge in [0, 0.05) is 42.3 Å². The molecule has 4 aromatic heterocycles. The van der Waals surface area contributed by atoms with Crippen molar-refractivity contribution in [1.82, 2.24) is 19.5 Å². The van der Waals surface area contributed by atoms with Gasteiger partial charge in [-0.3, -0.25) is 4.98 Å². The zero-order valence-electron chi connectivity index (χ0n) is 36.9. The van der Waals surface area contributed by atoms with Crippen LogP contribution in [0, 0.1) is 31.9 Å². The molecule has 0 spiro atoms. The minimum atomic E-state index is -1.86. The fraction of sp³-hybridized carbons (Fsp3) is 0.241. The van der Waals surface area contributed by atoms with E-state index in [2.05, 4.69) is 174 Å². The number of fused-ring (bicyclic) bond motifs is 4. The third kappa shape index (κ3) is 9.09. The number of aryl methyl sites for hydroxylation is 2. The molecule has 0 unspecified atom stereocenters. The van der Waals surface area contributed by atoms with E-state index in [1.54, 1.807) is 4.40 Å². The Bertz CT molecular complexity index is 2970. The topological polar surface area (TPSA) is 56.7 Å². The molecule has 0 aliphatic heterocycles. The molecule has 5 aromatic carbocycles. The molecule has 0 aliphatic carbocycles. The van der Waals surface area contributed by atoms with E-state index in [4.69, 9.17) is 19.4 Å². The maximum Gasteiger partial charge on any atom is 0.216 e. The van der Waals surface area contributed by atoms with E-state index in [1.807, 2.05) is 36.4 Å². The second-order valence-electron chi connectivity index (χ2n) is 18.4. The number of nitrogens with zero attached hydrogens (tertiary/aromatic N) is 4. The van der Waals surface area contributed by atoms with Crippen molar-refractivity contribution < 1.29 is 24.5 Å². The van der Waals surface area contributed by atoms with Gasteiger partial charge in [0.25, 0.3) is 0 Å². The number of para-hydroxylation sites is 2. The van der Waals surface area contributed by atoms with Gasteiger partial charge in [0.15, 0.2) is 0 Å². The standard InChI is InChI=1S/C36H30N3O.C18H24GeN.Ir/c1-22-15-17-27(33-32(22)26-18-20-31(36(3,4)5)38-35(26)40-33)34-37-28-13-9-10-14-30(28)39(34)29-19-16-25(21-23(29)2)24-11-7-6-8-12-24;1-14(2)11-16-12-18(15-9-7-6-8-10-15)20-13-17(16)19(3,4)5;/h6-16,18-21H,1-5H3;6-9,12-14H,11H2,1-5H3;/q2*-1;. The predicted molar refractivity (Wildman–Crippen MR) is 254 cm³/mol. The number of benzene rings is 5. The van der Waals surface area contributed by atoms with Crippen molar-refractivity contribution in [3.8, 4) is 39.5 Å². The van der Waals surface area contributed by atoms with E-state index in [0.717, 1.165) is 79.0 Å². The Labute approximate surface area is 377 Å². The van der Waals surface area contributed by atoms with Crippen molar-refractivity contribution in [3.63, 3.8) is 0 Å². The summed E-state index contributed by atoms with van der Waals surface area (Å²) in [6.07, 6.45) is 3.27. The molecular formula is C54H54GeIrN4O-2. The molecule has 0 amide bonds. The molecule has 5 nitrogen and oxygen atoms in total. The van der Waals surface area contributed by atoms with Crippen LogP contribution in [-0.4, -0.2) is 32.8 Å². The minimum absolute atomic E-state index is 0. The maximum absolute atomic E-state index is 6.55. The number of rotatable bonds is 7. The molecular weight excluding hydrogens is 985 g/mol. The van der Waals surface area contributed by atoms with Gasteiger partial charge in [-0.1, -0.05) is 87.2 Å². The summed E-state index contributed by atoms with van der Waals surface area (Å²) in [5.41, 5.74) is 14.5. The summed E-state index contributed by atoms with van der Waals surface area (Å²) < 4.78 is 10.3. The Morgan fingerprint density at radius 1 is 0.770 bits per heavy atom. The van der Waals surface area contributed by atoms with Gasteiger partial charge in [-0.25, -0.2) is 4.98 Å². The average molecular weight is 1040 g/mol. The molecule has 4 heterocycles. The summed E-state index contributed by atoms with van der Waals surface area (Å²) >= 11 is -1.86. The number of aromatic nitrogens is 4. The summed E-state index contributed by atoms with van der Waals surface area (Å²) in [5, 5.41) is 2.08. The molecule has 0 N–H and O–H groups in total. The monoisotopic (exact) mass is 1040 g/mol. The second kappa shape index (κ2) is 17.7. The minimum Gasteiger partial charge on any atom is -0.486 e. The van der Waals surface area contributed by atoms with E-state index in [0.29, 0.717) is 11.6 Å². The van der Waals surface area contributed by atoms with Crippen LogP contribution in [0.1, 0.15) is 57.0 Å². The van der Waals surface area contributed by atoms with Gasteiger partial charge >= 0.3 is 126 Å². The molecule has 0 saturated heterocycles. The molecule has 311 valence electrons. The summed E-state index contributed by atoms with van der Waals surface area (Å²) in [5.74, 6) is 8.80. The van der Waals surface area contributed by atoms with Gasteiger partial charge in [-0.15, -0.1) is 17.7 Å². The number of hydrogen-bond donors (Lipinski definition) is 0. The molecule has 61 heavy (non-hydrogen) atoms. The number of hydrogen-bond acceptors (Lipinski definition) is 4.